The topological polar surface area (TPSA) is 35.0 Å². The minimum absolute atomic E-state index is 0.869. The van der Waals surface area contributed by atoms with Crippen LogP contribution in [-0.4, -0.2) is 17.1 Å². The molecule has 1 heterocycles. The maximum atomic E-state index is 5.18. The van der Waals surface area contributed by atoms with Crippen LogP contribution < -0.4 is 4.74 Å². The Morgan fingerprint density at radius 3 is 2.09 bits per heavy atom. The molecule has 0 aliphatic carbocycles. The average Bonchev–Trinajstić information content (AvgIpc) is 2.61. The Hall–Kier alpha value is -2.94. The van der Waals surface area contributed by atoms with Crippen molar-refractivity contribution < 1.29 is 4.74 Å². The second-order valence-electron chi connectivity index (χ2n) is 4.82. The lowest BCUT2D eigenvalue weighted by atomic mass is 10.0. The molecule has 1 aromatic heterocycles. The van der Waals surface area contributed by atoms with Gasteiger partial charge in [0.25, 0.3) is 0 Å². The van der Waals surface area contributed by atoms with Gasteiger partial charge in [0.2, 0.25) is 0 Å². The fourth-order valence-corrected chi connectivity index (χ4v) is 2.15. The van der Waals surface area contributed by atoms with Crippen LogP contribution in [0.2, 0.25) is 0 Å². The van der Waals surface area contributed by atoms with E-state index in [1.165, 1.54) is 11.1 Å². The van der Waals surface area contributed by atoms with Gasteiger partial charge in [-0.25, -0.2) is 9.97 Å². The van der Waals surface area contributed by atoms with Crippen LogP contribution in [0.1, 0.15) is 11.3 Å². The summed E-state index contributed by atoms with van der Waals surface area (Å²) >= 11 is 0. The van der Waals surface area contributed by atoms with Crippen molar-refractivity contribution in [3.63, 3.8) is 0 Å². The van der Waals surface area contributed by atoms with Crippen molar-refractivity contribution in [1.82, 2.24) is 9.97 Å². The van der Waals surface area contributed by atoms with Crippen LogP contribution in [-0.2, 0) is 0 Å². The number of nitrogens with zero attached hydrogens (tertiary/aromatic N) is 2. The van der Waals surface area contributed by atoms with E-state index in [0.717, 1.165) is 17.0 Å². The van der Waals surface area contributed by atoms with Gasteiger partial charge in [0.1, 0.15) is 12.1 Å². The van der Waals surface area contributed by atoms with E-state index in [1.54, 1.807) is 19.6 Å². The molecule has 0 bridgehead atoms. The average molecular weight is 288 g/mol. The Kier molecular flexibility index (Phi) is 4.25. The van der Waals surface area contributed by atoms with Gasteiger partial charge in [-0.05, 0) is 41.0 Å². The van der Waals surface area contributed by atoms with Crippen molar-refractivity contribution >= 4 is 12.2 Å². The molecule has 0 amide bonds. The molecule has 0 spiro atoms. The summed E-state index contributed by atoms with van der Waals surface area (Å²) in [4.78, 5) is 8.07. The second-order valence-corrected chi connectivity index (χ2v) is 4.82. The van der Waals surface area contributed by atoms with E-state index in [2.05, 4.69) is 46.4 Å². The van der Waals surface area contributed by atoms with Gasteiger partial charge in [-0.2, -0.15) is 0 Å². The Bertz CT molecular complexity index is 748. The lowest BCUT2D eigenvalue weighted by Crippen LogP contribution is -1.83. The van der Waals surface area contributed by atoms with E-state index < -0.39 is 0 Å². The highest BCUT2D eigenvalue weighted by Gasteiger charge is 1.98. The molecule has 22 heavy (non-hydrogen) atoms. The summed E-state index contributed by atoms with van der Waals surface area (Å²) in [7, 11) is 1.67. The zero-order valence-corrected chi connectivity index (χ0v) is 12.3. The number of rotatable bonds is 4. The molecule has 3 nitrogen and oxygen atoms in total. The molecule has 0 unspecified atom stereocenters. The van der Waals surface area contributed by atoms with Crippen molar-refractivity contribution in [2.75, 3.05) is 7.11 Å². The highest BCUT2D eigenvalue weighted by atomic mass is 16.5. The molecule has 0 fully saturated rings. The van der Waals surface area contributed by atoms with E-state index in [9.17, 15) is 0 Å². The van der Waals surface area contributed by atoms with Crippen molar-refractivity contribution in [2.45, 2.75) is 0 Å². The van der Waals surface area contributed by atoms with Crippen LogP contribution >= 0.6 is 0 Å². The summed E-state index contributed by atoms with van der Waals surface area (Å²) in [6.45, 7) is 0. The largest absolute Gasteiger partial charge is 0.497 e. The maximum Gasteiger partial charge on any atom is 0.118 e. The summed E-state index contributed by atoms with van der Waals surface area (Å²) < 4.78 is 5.18. The van der Waals surface area contributed by atoms with Gasteiger partial charge in [0, 0.05) is 6.20 Å². The Morgan fingerprint density at radius 2 is 1.50 bits per heavy atom. The van der Waals surface area contributed by atoms with Crippen LogP contribution in [0, 0.1) is 0 Å². The number of hydrogen-bond donors (Lipinski definition) is 0. The SMILES string of the molecule is COc1ccc(-c2ccc(/C=C/c3ccncn3)cc2)cc1. The van der Waals surface area contributed by atoms with E-state index in [-0.39, 0.29) is 0 Å². The minimum atomic E-state index is 0.869. The molecule has 108 valence electrons. The van der Waals surface area contributed by atoms with Crippen molar-refractivity contribution in [2.24, 2.45) is 0 Å². The molecule has 3 rings (SSSR count). The number of benzene rings is 2. The van der Waals surface area contributed by atoms with Gasteiger partial charge in [-0.3, -0.25) is 0 Å². The van der Waals surface area contributed by atoms with Crippen LogP contribution in [0.15, 0.2) is 67.1 Å². The maximum absolute atomic E-state index is 5.18. The van der Waals surface area contributed by atoms with Crippen molar-refractivity contribution in [3.05, 3.63) is 78.4 Å². The number of aromatic nitrogens is 2. The third-order valence-electron chi connectivity index (χ3n) is 3.39. The zero-order valence-electron chi connectivity index (χ0n) is 12.3. The number of hydrogen-bond acceptors (Lipinski definition) is 3. The normalized spacial score (nSPS) is 10.8. The number of methoxy groups -OCH3 is 1. The first-order chi connectivity index (χ1) is 10.8. The first kappa shape index (κ1) is 14.0. The molecular formula is C19H16N2O. The van der Waals surface area contributed by atoms with Gasteiger partial charge in [-0.15, -0.1) is 0 Å². The van der Waals surface area contributed by atoms with Gasteiger partial charge in [0.15, 0.2) is 0 Å². The molecule has 3 heteroatoms. The van der Waals surface area contributed by atoms with E-state index >= 15 is 0 Å². The third kappa shape index (κ3) is 3.38. The highest BCUT2D eigenvalue weighted by molar-refractivity contribution is 5.71. The third-order valence-corrected chi connectivity index (χ3v) is 3.39. The predicted octanol–water partition coefficient (Wildman–Crippen LogP) is 4.32. The first-order valence-electron chi connectivity index (χ1n) is 7.04. The summed E-state index contributed by atoms with van der Waals surface area (Å²) in [5, 5.41) is 0. The van der Waals surface area contributed by atoms with Crippen molar-refractivity contribution in [3.8, 4) is 16.9 Å². The summed E-state index contributed by atoms with van der Waals surface area (Å²) in [6, 6.07) is 18.4. The smallest absolute Gasteiger partial charge is 0.118 e. The molecule has 0 atom stereocenters. The van der Waals surface area contributed by atoms with Gasteiger partial charge >= 0.3 is 0 Å². The molecule has 0 aliphatic rings. The van der Waals surface area contributed by atoms with Gasteiger partial charge in [-0.1, -0.05) is 42.5 Å². The molecular weight excluding hydrogens is 272 g/mol. The summed E-state index contributed by atoms with van der Waals surface area (Å²) in [5.41, 5.74) is 4.39. The van der Waals surface area contributed by atoms with E-state index in [0.29, 0.717) is 0 Å². The van der Waals surface area contributed by atoms with Gasteiger partial charge < -0.3 is 4.74 Å². The molecule has 0 radical (unpaired) electrons. The predicted molar refractivity (Wildman–Crippen MR) is 89.4 cm³/mol. The lowest BCUT2D eigenvalue weighted by Gasteiger charge is -2.04. The molecule has 0 aliphatic heterocycles. The van der Waals surface area contributed by atoms with Gasteiger partial charge in [0.05, 0.1) is 12.8 Å². The molecule has 0 N–H and O–H groups in total. The molecule has 0 saturated carbocycles. The summed E-state index contributed by atoms with van der Waals surface area (Å²) in [5.74, 6) is 0.869. The lowest BCUT2D eigenvalue weighted by molar-refractivity contribution is 0.415. The molecule has 3 aromatic rings. The zero-order chi connectivity index (χ0) is 15.2. The highest BCUT2D eigenvalue weighted by Crippen LogP contribution is 2.23. The molecule has 0 saturated heterocycles. The molecule has 2 aromatic carbocycles. The Balaban J connectivity index is 1.76. The van der Waals surface area contributed by atoms with Crippen LogP contribution in [0.3, 0.4) is 0 Å². The van der Waals surface area contributed by atoms with Crippen LogP contribution in [0.5, 0.6) is 5.75 Å². The quantitative estimate of drug-likeness (QED) is 0.717. The Labute approximate surface area is 130 Å². The van der Waals surface area contributed by atoms with Crippen LogP contribution in [0.4, 0.5) is 0 Å². The standard InChI is InChI=1S/C19H16N2O/c1-22-19-10-7-17(8-11-19)16-5-2-15(3-6-16)4-9-18-12-13-20-14-21-18/h2-14H,1H3/b9-4+. The van der Waals surface area contributed by atoms with E-state index in [4.69, 9.17) is 4.74 Å². The van der Waals surface area contributed by atoms with Crippen LogP contribution in [0.25, 0.3) is 23.3 Å². The van der Waals surface area contributed by atoms with Crippen molar-refractivity contribution in [1.29, 1.82) is 0 Å². The van der Waals surface area contributed by atoms with E-state index in [1.807, 2.05) is 30.4 Å². The first-order valence-corrected chi connectivity index (χ1v) is 7.04. The monoisotopic (exact) mass is 288 g/mol. The minimum Gasteiger partial charge on any atom is -0.497 e. The fourth-order valence-electron chi connectivity index (χ4n) is 2.15. The number of ether oxygens (including phenoxy) is 1. The second kappa shape index (κ2) is 6.68. The fraction of sp³-hybridized carbons (Fsp3) is 0.0526. The Morgan fingerprint density at radius 1 is 0.818 bits per heavy atom. The summed E-state index contributed by atoms with van der Waals surface area (Å²) in [6.07, 6.45) is 7.30.